The predicted octanol–water partition coefficient (Wildman–Crippen LogP) is 3.10. The molecule has 0 aliphatic carbocycles. The molecule has 0 spiro atoms. The van der Waals surface area contributed by atoms with E-state index in [1.165, 1.54) is 0 Å². The number of amides is 3. The fraction of sp³-hybridized carbons (Fsp3) is 0.318. The summed E-state index contributed by atoms with van der Waals surface area (Å²) >= 11 is 6.03. The Balaban J connectivity index is 1.74. The van der Waals surface area contributed by atoms with Crippen molar-refractivity contribution in [3.8, 4) is 0 Å². The first kappa shape index (κ1) is 20.9. The molecule has 0 saturated carbocycles. The number of hydrogen-bond donors (Lipinski definition) is 2. The van der Waals surface area contributed by atoms with Crippen LogP contribution >= 0.6 is 11.6 Å². The summed E-state index contributed by atoms with van der Waals surface area (Å²) in [5, 5.41) is 0.291. The fourth-order valence-electron chi connectivity index (χ4n) is 3.40. The van der Waals surface area contributed by atoms with Crippen molar-refractivity contribution in [2.75, 3.05) is 0 Å². The molecule has 0 aromatic heterocycles. The largest absolute Gasteiger partial charge is 0.326 e. The summed E-state index contributed by atoms with van der Waals surface area (Å²) in [4.78, 5) is 39.6. The van der Waals surface area contributed by atoms with Crippen LogP contribution in [0.25, 0.3) is 0 Å². The minimum Gasteiger partial charge on any atom is -0.326 e. The molecule has 3 amide bonds. The van der Waals surface area contributed by atoms with Gasteiger partial charge in [0, 0.05) is 19.4 Å². The quantitative estimate of drug-likeness (QED) is 0.756. The summed E-state index contributed by atoms with van der Waals surface area (Å²) in [7, 11) is 0. The number of halogens is 1. The van der Waals surface area contributed by atoms with Gasteiger partial charge in [-0.05, 0) is 29.2 Å². The molecule has 2 N–H and O–H groups in total. The van der Waals surface area contributed by atoms with Crippen LogP contribution in [0.2, 0.25) is 5.02 Å². The fourth-order valence-corrected chi connectivity index (χ4v) is 3.62. The Morgan fingerprint density at radius 3 is 2.38 bits per heavy atom. The first-order chi connectivity index (χ1) is 13.9. The van der Waals surface area contributed by atoms with Gasteiger partial charge in [0.25, 0.3) is 11.8 Å². The molecule has 2 aromatic rings. The van der Waals surface area contributed by atoms with Gasteiger partial charge in [0.05, 0.1) is 10.6 Å². The topological polar surface area (TPSA) is 78.5 Å². The molecule has 1 atom stereocenters. The lowest BCUT2D eigenvalue weighted by Gasteiger charge is -2.36. The van der Waals surface area contributed by atoms with Crippen molar-refractivity contribution >= 4 is 29.3 Å². The molecule has 1 unspecified atom stereocenters. The summed E-state index contributed by atoms with van der Waals surface area (Å²) in [5.74, 6) is -0.840. The van der Waals surface area contributed by atoms with Crippen molar-refractivity contribution in [1.29, 1.82) is 0 Å². The highest BCUT2D eigenvalue weighted by molar-refractivity contribution is 6.33. The van der Waals surface area contributed by atoms with Crippen LogP contribution in [0.4, 0.5) is 0 Å². The van der Waals surface area contributed by atoms with Crippen LogP contribution in [0.1, 0.15) is 41.8 Å². The van der Waals surface area contributed by atoms with Crippen molar-refractivity contribution in [1.82, 2.24) is 15.8 Å². The zero-order valence-electron chi connectivity index (χ0n) is 16.4. The normalized spacial score (nSPS) is 15.6. The number of nitrogens with one attached hydrogen (secondary N) is 2. The molecule has 29 heavy (non-hydrogen) atoms. The standard InChI is InChI=1S/C22H24ClN3O3/c1-14(2)11-20(27)26-13-16-8-4-3-7-15(16)12-19(26)22(29)25-24-21(28)17-9-5-6-10-18(17)23/h3-10,14,19H,11-13H2,1-2H3,(H,24,28)(H,25,29). The van der Waals surface area contributed by atoms with Gasteiger partial charge >= 0.3 is 0 Å². The van der Waals surface area contributed by atoms with Crippen LogP contribution < -0.4 is 10.9 Å². The number of hydrazine groups is 1. The molecule has 0 fully saturated rings. The van der Waals surface area contributed by atoms with E-state index in [1.807, 2.05) is 38.1 Å². The van der Waals surface area contributed by atoms with Gasteiger partial charge in [-0.2, -0.15) is 0 Å². The van der Waals surface area contributed by atoms with Gasteiger partial charge in [0.2, 0.25) is 5.91 Å². The van der Waals surface area contributed by atoms with Crippen LogP contribution in [0.5, 0.6) is 0 Å². The van der Waals surface area contributed by atoms with Crippen LogP contribution in [-0.2, 0) is 22.6 Å². The second-order valence-electron chi connectivity index (χ2n) is 7.53. The van der Waals surface area contributed by atoms with Gasteiger partial charge in [0.15, 0.2) is 0 Å². The molecular formula is C22H24ClN3O3. The molecule has 1 heterocycles. The van der Waals surface area contributed by atoms with E-state index in [2.05, 4.69) is 10.9 Å². The summed E-state index contributed by atoms with van der Waals surface area (Å²) in [6, 6.07) is 13.7. The molecule has 3 rings (SSSR count). The maximum atomic E-state index is 12.9. The first-order valence-corrected chi connectivity index (χ1v) is 9.95. The second kappa shape index (κ2) is 9.09. The van der Waals surface area contributed by atoms with Crippen molar-refractivity contribution < 1.29 is 14.4 Å². The smallest absolute Gasteiger partial charge is 0.271 e. The monoisotopic (exact) mass is 413 g/mol. The molecule has 1 aliphatic rings. The molecule has 0 bridgehead atoms. The number of benzene rings is 2. The van der Waals surface area contributed by atoms with E-state index in [0.717, 1.165) is 11.1 Å². The predicted molar refractivity (Wildman–Crippen MR) is 111 cm³/mol. The molecule has 0 saturated heterocycles. The lowest BCUT2D eigenvalue weighted by molar-refractivity contribution is -0.142. The molecule has 7 heteroatoms. The van der Waals surface area contributed by atoms with E-state index >= 15 is 0 Å². The molecular weight excluding hydrogens is 390 g/mol. The number of rotatable bonds is 4. The number of carbonyl (C=O) groups excluding carboxylic acids is 3. The van der Waals surface area contributed by atoms with Crippen LogP contribution in [-0.4, -0.2) is 28.7 Å². The average Bonchev–Trinajstić information content (AvgIpc) is 2.70. The van der Waals surface area contributed by atoms with Crippen LogP contribution in [0.15, 0.2) is 48.5 Å². The molecule has 1 aliphatic heterocycles. The molecule has 2 aromatic carbocycles. The van der Waals surface area contributed by atoms with Gasteiger partial charge in [-0.15, -0.1) is 0 Å². The molecule has 6 nitrogen and oxygen atoms in total. The van der Waals surface area contributed by atoms with Gasteiger partial charge < -0.3 is 4.90 Å². The Kier molecular flexibility index (Phi) is 6.54. The minimum absolute atomic E-state index is 0.0768. The van der Waals surface area contributed by atoms with E-state index in [1.54, 1.807) is 29.2 Å². The Labute approximate surface area is 175 Å². The Morgan fingerprint density at radius 1 is 1.03 bits per heavy atom. The molecule has 152 valence electrons. The number of hydrogen-bond acceptors (Lipinski definition) is 3. The third-order valence-electron chi connectivity index (χ3n) is 4.87. The SMILES string of the molecule is CC(C)CC(=O)N1Cc2ccccc2CC1C(=O)NNC(=O)c1ccccc1Cl. The highest BCUT2D eigenvalue weighted by Crippen LogP contribution is 2.25. The highest BCUT2D eigenvalue weighted by atomic mass is 35.5. The third-order valence-corrected chi connectivity index (χ3v) is 5.20. The molecule has 0 radical (unpaired) electrons. The van der Waals surface area contributed by atoms with Gasteiger partial charge in [-0.25, -0.2) is 0 Å². The second-order valence-corrected chi connectivity index (χ2v) is 7.94. The first-order valence-electron chi connectivity index (χ1n) is 9.57. The summed E-state index contributed by atoms with van der Waals surface area (Å²) in [6.45, 7) is 4.31. The van der Waals surface area contributed by atoms with E-state index in [-0.39, 0.29) is 17.4 Å². The Hall–Kier alpha value is -2.86. The lowest BCUT2D eigenvalue weighted by Crippen LogP contribution is -2.56. The Bertz CT molecular complexity index is 929. The summed E-state index contributed by atoms with van der Waals surface area (Å²) in [5.41, 5.74) is 7.18. The number of carbonyl (C=O) groups is 3. The Morgan fingerprint density at radius 2 is 1.69 bits per heavy atom. The van der Waals surface area contributed by atoms with Gasteiger partial charge in [-0.3, -0.25) is 25.2 Å². The van der Waals surface area contributed by atoms with Crippen molar-refractivity contribution in [3.05, 3.63) is 70.2 Å². The minimum atomic E-state index is -0.692. The van der Waals surface area contributed by atoms with Crippen molar-refractivity contribution in [2.24, 2.45) is 5.92 Å². The zero-order chi connectivity index (χ0) is 21.0. The lowest BCUT2D eigenvalue weighted by atomic mass is 9.92. The van der Waals surface area contributed by atoms with E-state index in [9.17, 15) is 14.4 Å². The summed E-state index contributed by atoms with van der Waals surface area (Å²) in [6.07, 6.45) is 0.756. The maximum Gasteiger partial charge on any atom is 0.271 e. The van der Waals surface area contributed by atoms with Crippen LogP contribution in [0, 0.1) is 5.92 Å². The third kappa shape index (κ3) is 4.95. The van der Waals surface area contributed by atoms with Crippen molar-refractivity contribution in [3.63, 3.8) is 0 Å². The number of fused-ring (bicyclic) bond motifs is 1. The van der Waals surface area contributed by atoms with Crippen molar-refractivity contribution in [2.45, 2.75) is 39.3 Å². The van der Waals surface area contributed by atoms with Gasteiger partial charge in [-0.1, -0.05) is 61.8 Å². The van der Waals surface area contributed by atoms with Gasteiger partial charge in [0.1, 0.15) is 6.04 Å². The summed E-state index contributed by atoms with van der Waals surface area (Å²) < 4.78 is 0. The highest BCUT2D eigenvalue weighted by Gasteiger charge is 2.34. The van der Waals surface area contributed by atoms with Crippen LogP contribution in [0.3, 0.4) is 0 Å². The average molecular weight is 414 g/mol. The van der Waals surface area contributed by atoms with E-state index in [0.29, 0.717) is 24.4 Å². The van der Waals surface area contributed by atoms with E-state index < -0.39 is 17.9 Å². The maximum absolute atomic E-state index is 12.9. The zero-order valence-corrected chi connectivity index (χ0v) is 17.2. The van der Waals surface area contributed by atoms with E-state index in [4.69, 9.17) is 11.6 Å². The number of nitrogens with zero attached hydrogens (tertiary/aromatic N) is 1.